The van der Waals surface area contributed by atoms with E-state index in [1.54, 1.807) is 16.4 Å². The van der Waals surface area contributed by atoms with Crippen LogP contribution in [-0.4, -0.2) is 50.8 Å². The summed E-state index contributed by atoms with van der Waals surface area (Å²) in [6.07, 6.45) is 1.85. The highest BCUT2D eigenvalue weighted by Gasteiger charge is 2.36. The standard InChI is InChI=1S/C15H25N3O2S/c1-12-13(10-16)6-4-8-15(12)21(19,20)18-9-5-7-14(18)11-17(2)3/h4,6,8,14H,5,7,9-11,16H2,1-3H3. The highest BCUT2D eigenvalue weighted by molar-refractivity contribution is 7.89. The highest BCUT2D eigenvalue weighted by Crippen LogP contribution is 2.29. The molecule has 0 radical (unpaired) electrons. The lowest BCUT2D eigenvalue weighted by atomic mass is 10.1. The van der Waals surface area contributed by atoms with Gasteiger partial charge >= 0.3 is 0 Å². The molecule has 1 aliphatic heterocycles. The van der Waals surface area contributed by atoms with Crippen LogP contribution >= 0.6 is 0 Å². The summed E-state index contributed by atoms with van der Waals surface area (Å²) in [4.78, 5) is 2.44. The van der Waals surface area contributed by atoms with Crippen molar-refractivity contribution in [1.29, 1.82) is 0 Å². The van der Waals surface area contributed by atoms with Gasteiger partial charge in [0.25, 0.3) is 0 Å². The summed E-state index contributed by atoms with van der Waals surface area (Å²) in [6, 6.07) is 5.41. The summed E-state index contributed by atoms with van der Waals surface area (Å²) < 4.78 is 27.6. The van der Waals surface area contributed by atoms with Gasteiger partial charge in [0, 0.05) is 25.7 Å². The Kier molecular flexibility index (Phi) is 5.03. The van der Waals surface area contributed by atoms with Gasteiger partial charge in [-0.15, -0.1) is 0 Å². The zero-order valence-electron chi connectivity index (χ0n) is 13.0. The number of hydrogen-bond acceptors (Lipinski definition) is 4. The zero-order valence-corrected chi connectivity index (χ0v) is 13.9. The molecule has 1 atom stereocenters. The minimum atomic E-state index is -3.45. The van der Waals surface area contributed by atoms with Crippen LogP contribution in [0.5, 0.6) is 0 Å². The Bertz CT molecular complexity index is 599. The topological polar surface area (TPSA) is 66.6 Å². The van der Waals surface area contributed by atoms with E-state index < -0.39 is 10.0 Å². The Morgan fingerprint density at radius 3 is 2.71 bits per heavy atom. The number of hydrogen-bond donors (Lipinski definition) is 1. The van der Waals surface area contributed by atoms with Gasteiger partial charge in [-0.1, -0.05) is 12.1 Å². The molecule has 1 aromatic carbocycles. The van der Waals surface area contributed by atoms with Crippen LogP contribution < -0.4 is 5.73 Å². The van der Waals surface area contributed by atoms with Crippen molar-refractivity contribution in [2.75, 3.05) is 27.2 Å². The van der Waals surface area contributed by atoms with Crippen molar-refractivity contribution in [2.45, 2.75) is 37.2 Å². The highest BCUT2D eigenvalue weighted by atomic mass is 32.2. The zero-order chi connectivity index (χ0) is 15.6. The molecule has 1 heterocycles. The van der Waals surface area contributed by atoms with Crippen LogP contribution in [0.25, 0.3) is 0 Å². The number of benzene rings is 1. The molecule has 2 rings (SSSR count). The summed E-state index contributed by atoms with van der Waals surface area (Å²) in [7, 11) is 0.506. The second kappa shape index (κ2) is 6.44. The van der Waals surface area contributed by atoms with Gasteiger partial charge in [-0.25, -0.2) is 8.42 Å². The minimum Gasteiger partial charge on any atom is -0.326 e. The molecule has 0 spiro atoms. The van der Waals surface area contributed by atoms with E-state index >= 15 is 0 Å². The van der Waals surface area contributed by atoms with Crippen LogP contribution in [0.4, 0.5) is 0 Å². The SMILES string of the molecule is Cc1c(CN)cccc1S(=O)(=O)N1CCCC1CN(C)C. The fourth-order valence-corrected chi connectivity index (χ4v) is 4.97. The van der Waals surface area contributed by atoms with Crippen molar-refractivity contribution in [3.63, 3.8) is 0 Å². The molecule has 1 saturated heterocycles. The smallest absolute Gasteiger partial charge is 0.243 e. The molecule has 0 amide bonds. The molecule has 0 bridgehead atoms. The lowest BCUT2D eigenvalue weighted by Crippen LogP contribution is -2.41. The largest absolute Gasteiger partial charge is 0.326 e. The van der Waals surface area contributed by atoms with Gasteiger partial charge in [-0.05, 0) is 51.1 Å². The van der Waals surface area contributed by atoms with Gasteiger partial charge in [0.1, 0.15) is 0 Å². The van der Waals surface area contributed by atoms with Gasteiger partial charge < -0.3 is 10.6 Å². The van der Waals surface area contributed by atoms with E-state index in [4.69, 9.17) is 5.73 Å². The predicted octanol–water partition coefficient (Wildman–Crippen LogP) is 1.17. The Morgan fingerprint density at radius 2 is 2.10 bits per heavy atom. The van der Waals surface area contributed by atoms with Crippen molar-refractivity contribution in [3.05, 3.63) is 29.3 Å². The molecule has 118 valence electrons. The maximum Gasteiger partial charge on any atom is 0.243 e. The summed E-state index contributed by atoms with van der Waals surface area (Å²) in [6.45, 7) is 3.56. The van der Waals surface area contributed by atoms with E-state index in [9.17, 15) is 8.42 Å². The van der Waals surface area contributed by atoms with Crippen molar-refractivity contribution >= 4 is 10.0 Å². The van der Waals surface area contributed by atoms with E-state index in [-0.39, 0.29) is 6.04 Å². The van der Waals surface area contributed by atoms with Crippen molar-refractivity contribution in [2.24, 2.45) is 5.73 Å². The van der Waals surface area contributed by atoms with Crippen LogP contribution in [0.15, 0.2) is 23.1 Å². The van der Waals surface area contributed by atoms with E-state index in [2.05, 4.69) is 0 Å². The Balaban J connectivity index is 2.38. The van der Waals surface area contributed by atoms with Crippen LogP contribution in [-0.2, 0) is 16.6 Å². The molecular weight excluding hydrogens is 286 g/mol. The maximum atomic E-state index is 13.0. The third kappa shape index (κ3) is 3.29. The van der Waals surface area contributed by atoms with Crippen LogP contribution in [0.1, 0.15) is 24.0 Å². The lowest BCUT2D eigenvalue weighted by Gasteiger charge is -2.27. The molecule has 2 N–H and O–H groups in total. The fourth-order valence-electron chi connectivity index (χ4n) is 3.02. The normalized spacial score (nSPS) is 20.3. The molecule has 0 aromatic heterocycles. The number of nitrogens with two attached hydrogens (primary N) is 1. The average molecular weight is 311 g/mol. The van der Waals surface area contributed by atoms with Gasteiger partial charge in [0.15, 0.2) is 0 Å². The molecule has 21 heavy (non-hydrogen) atoms. The molecule has 5 nitrogen and oxygen atoms in total. The molecule has 6 heteroatoms. The van der Waals surface area contributed by atoms with Gasteiger partial charge in [-0.2, -0.15) is 4.31 Å². The minimum absolute atomic E-state index is 0.0610. The van der Waals surface area contributed by atoms with Crippen molar-refractivity contribution in [1.82, 2.24) is 9.21 Å². The molecule has 1 aromatic rings. The fraction of sp³-hybridized carbons (Fsp3) is 0.600. The summed E-state index contributed by atoms with van der Waals surface area (Å²) in [5.74, 6) is 0. The first kappa shape index (κ1) is 16.4. The van der Waals surface area contributed by atoms with Crippen LogP contribution in [0.3, 0.4) is 0 Å². The molecule has 1 unspecified atom stereocenters. The molecule has 0 saturated carbocycles. The summed E-state index contributed by atoms with van der Waals surface area (Å²) in [5.41, 5.74) is 7.36. The second-order valence-electron chi connectivity index (χ2n) is 5.92. The number of nitrogens with zero attached hydrogens (tertiary/aromatic N) is 2. The van der Waals surface area contributed by atoms with E-state index in [0.717, 1.165) is 30.5 Å². The van der Waals surface area contributed by atoms with E-state index in [0.29, 0.717) is 18.0 Å². The first-order valence-electron chi connectivity index (χ1n) is 7.33. The van der Waals surface area contributed by atoms with Gasteiger partial charge in [0.05, 0.1) is 4.90 Å². The molecule has 1 fully saturated rings. The Morgan fingerprint density at radius 1 is 1.38 bits per heavy atom. The Hall–Kier alpha value is -0.950. The quantitative estimate of drug-likeness (QED) is 0.886. The van der Waals surface area contributed by atoms with Crippen LogP contribution in [0, 0.1) is 6.92 Å². The second-order valence-corrected chi connectivity index (χ2v) is 7.78. The molecule has 0 aliphatic carbocycles. The van der Waals surface area contributed by atoms with Gasteiger partial charge in [0.2, 0.25) is 10.0 Å². The van der Waals surface area contributed by atoms with Crippen molar-refractivity contribution in [3.8, 4) is 0 Å². The first-order chi connectivity index (χ1) is 9.87. The third-order valence-electron chi connectivity index (χ3n) is 4.10. The first-order valence-corrected chi connectivity index (χ1v) is 8.77. The number of likely N-dealkylation sites (N-methyl/N-ethyl adjacent to an activating group) is 1. The monoisotopic (exact) mass is 311 g/mol. The van der Waals surface area contributed by atoms with Crippen LogP contribution in [0.2, 0.25) is 0 Å². The van der Waals surface area contributed by atoms with Gasteiger partial charge in [-0.3, -0.25) is 0 Å². The summed E-state index contributed by atoms with van der Waals surface area (Å²) in [5, 5.41) is 0. The van der Waals surface area contributed by atoms with E-state index in [1.807, 2.05) is 32.0 Å². The average Bonchev–Trinajstić information content (AvgIpc) is 2.86. The molecule has 1 aliphatic rings. The molecular formula is C15H25N3O2S. The van der Waals surface area contributed by atoms with Crippen molar-refractivity contribution < 1.29 is 8.42 Å². The third-order valence-corrected chi connectivity index (χ3v) is 6.20. The maximum absolute atomic E-state index is 13.0. The van der Waals surface area contributed by atoms with E-state index in [1.165, 1.54) is 0 Å². The number of sulfonamides is 1. The lowest BCUT2D eigenvalue weighted by molar-refractivity contribution is 0.291. The number of rotatable bonds is 5. The predicted molar refractivity (Wildman–Crippen MR) is 84.5 cm³/mol. The Labute approximate surface area is 127 Å². The summed E-state index contributed by atoms with van der Waals surface area (Å²) >= 11 is 0.